The average Bonchev–Trinajstić information content (AvgIpc) is 2.43. The van der Waals surface area contributed by atoms with Crippen LogP contribution < -0.4 is 0 Å². The van der Waals surface area contributed by atoms with Gasteiger partial charge >= 0.3 is 5.97 Å². The van der Waals surface area contributed by atoms with Gasteiger partial charge in [0.15, 0.2) is 0 Å². The highest BCUT2D eigenvalue weighted by molar-refractivity contribution is 5.83. The van der Waals surface area contributed by atoms with Crippen LogP contribution in [0.5, 0.6) is 0 Å². The molecule has 3 heteroatoms. The molecule has 0 saturated heterocycles. The third-order valence-corrected chi connectivity index (χ3v) is 3.29. The van der Waals surface area contributed by atoms with Crippen LogP contribution in [0.4, 0.5) is 0 Å². The maximum absolute atomic E-state index is 11.6. The quantitative estimate of drug-likeness (QED) is 0.858. The zero-order valence-corrected chi connectivity index (χ0v) is 11.2. The van der Waals surface area contributed by atoms with Crippen molar-refractivity contribution in [3.05, 3.63) is 48.0 Å². The highest BCUT2D eigenvalue weighted by atomic mass is 16.5. The topological polar surface area (TPSA) is 46.5 Å². The van der Waals surface area contributed by atoms with Gasteiger partial charge in [-0.15, -0.1) is 0 Å². The lowest BCUT2D eigenvalue weighted by atomic mass is 10.1. The average molecular weight is 258 g/mol. The molecule has 1 N–H and O–H groups in total. The smallest absolute Gasteiger partial charge is 0.311 e. The van der Waals surface area contributed by atoms with Gasteiger partial charge in [-0.3, -0.25) is 4.79 Å². The Labute approximate surface area is 112 Å². The molecule has 0 saturated carbocycles. The summed E-state index contributed by atoms with van der Waals surface area (Å²) < 4.78 is 5.20. The van der Waals surface area contributed by atoms with E-state index in [-0.39, 0.29) is 12.6 Å². The third kappa shape index (κ3) is 3.32. The SMILES string of the molecule is C[C@@H](O)[C@@H](C)C(=O)OCc1ccc2ccccc2c1. The first-order valence-electron chi connectivity index (χ1n) is 6.40. The monoisotopic (exact) mass is 258 g/mol. The predicted molar refractivity (Wildman–Crippen MR) is 74.6 cm³/mol. The molecule has 0 unspecified atom stereocenters. The molecule has 0 fully saturated rings. The molecule has 19 heavy (non-hydrogen) atoms. The van der Waals surface area contributed by atoms with E-state index in [4.69, 9.17) is 4.74 Å². The number of carbonyl (C=O) groups is 1. The van der Waals surface area contributed by atoms with Crippen molar-refractivity contribution >= 4 is 16.7 Å². The Balaban J connectivity index is 2.04. The zero-order chi connectivity index (χ0) is 13.8. The predicted octanol–water partition coefficient (Wildman–Crippen LogP) is 2.90. The first-order chi connectivity index (χ1) is 9.08. The van der Waals surface area contributed by atoms with E-state index in [9.17, 15) is 9.90 Å². The van der Waals surface area contributed by atoms with Crippen molar-refractivity contribution in [1.29, 1.82) is 0 Å². The number of hydrogen-bond acceptors (Lipinski definition) is 3. The lowest BCUT2D eigenvalue weighted by Crippen LogP contribution is -2.24. The van der Waals surface area contributed by atoms with Crippen LogP contribution in [0.15, 0.2) is 42.5 Å². The van der Waals surface area contributed by atoms with Gasteiger partial charge in [0, 0.05) is 0 Å². The van der Waals surface area contributed by atoms with Crippen LogP contribution in [0.2, 0.25) is 0 Å². The van der Waals surface area contributed by atoms with Gasteiger partial charge in [0.25, 0.3) is 0 Å². The molecule has 0 spiro atoms. The van der Waals surface area contributed by atoms with E-state index in [1.165, 1.54) is 0 Å². The Kier molecular flexibility index (Phi) is 4.17. The minimum atomic E-state index is -0.691. The fourth-order valence-electron chi connectivity index (χ4n) is 1.81. The molecular formula is C16H18O3. The first kappa shape index (κ1) is 13.6. The van der Waals surface area contributed by atoms with Crippen LogP contribution in [-0.2, 0) is 16.1 Å². The molecule has 0 bridgehead atoms. The summed E-state index contributed by atoms with van der Waals surface area (Å²) in [4.78, 5) is 11.6. The standard InChI is InChI=1S/C16H18O3/c1-11(12(2)17)16(18)19-10-13-7-8-14-5-3-4-6-15(14)9-13/h3-9,11-12,17H,10H2,1-2H3/t11-,12-/m1/s1. The van der Waals surface area contributed by atoms with Crippen LogP contribution >= 0.6 is 0 Å². The maximum atomic E-state index is 11.6. The van der Waals surface area contributed by atoms with E-state index in [1.54, 1.807) is 13.8 Å². The lowest BCUT2D eigenvalue weighted by Gasteiger charge is -2.13. The molecule has 0 heterocycles. The fraction of sp³-hybridized carbons (Fsp3) is 0.312. The molecule has 0 aliphatic heterocycles. The number of rotatable bonds is 4. The summed E-state index contributed by atoms with van der Waals surface area (Å²) in [6.45, 7) is 3.48. The fourth-order valence-corrected chi connectivity index (χ4v) is 1.81. The Bertz CT molecular complexity index is 575. The second-order valence-electron chi connectivity index (χ2n) is 4.82. The molecule has 3 nitrogen and oxygen atoms in total. The second kappa shape index (κ2) is 5.85. The molecule has 2 rings (SSSR count). The minimum Gasteiger partial charge on any atom is -0.461 e. The molecule has 100 valence electrons. The summed E-state index contributed by atoms with van der Waals surface area (Å²) in [5.41, 5.74) is 0.949. The molecule has 0 amide bonds. The van der Waals surface area contributed by atoms with Gasteiger partial charge in [-0.1, -0.05) is 36.4 Å². The molecule has 2 aromatic carbocycles. The van der Waals surface area contributed by atoms with Gasteiger partial charge in [0.05, 0.1) is 12.0 Å². The number of fused-ring (bicyclic) bond motifs is 1. The summed E-state index contributed by atoms with van der Waals surface area (Å²) in [6, 6.07) is 14.0. The van der Waals surface area contributed by atoms with Gasteiger partial charge in [0.2, 0.25) is 0 Å². The van der Waals surface area contributed by atoms with Crippen molar-refractivity contribution in [3.63, 3.8) is 0 Å². The normalized spacial score (nSPS) is 14.1. The van der Waals surface area contributed by atoms with Gasteiger partial charge < -0.3 is 9.84 Å². The summed E-state index contributed by atoms with van der Waals surface area (Å²) in [5.74, 6) is -0.872. The zero-order valence-electron chi connectivity index (χ0n) is 11.2. The van der Waals surface area contributed by atoms with E-state index >= 15 is 0 Å². The van der Waals surface area contributed by atoms with Gasteiger partial charge in [-0.2, -0.15) is 0 Å². The molecule has 0 aliphatic rings. The van der Waals surface area contributed by atoms with Gasteiger partial charge in [-0.25, -0.2) is 0 Å². The Morgan fingerprint density at radius 2 is 1.84 bits per heavy atom. The molecule has 2 atom stereocenters. The molecule has 0 radical (unpaired) electrons. The van der Waals surface area contributed by atoms with Crippen LogP contribution in [0.1, 0.15) is 19.4 Å². The molecule has 0 aromatic heterocycles. The highest BCUT2D eigenvalue weighted by Gasteiger charge is 2.19. The van der Waals surface area contributed by atoms with E-state index < -0.39 is 12.0 Å². The molecule has 0 aliphatic carbocycles. The van der Waals surface area contributed by atoms with Crippen LogP contribution in [0, 0.1) is 5.92 Å². The second-order valence-corrected chi connectivity index (χ2v) is 4.82. The van der Waals surface area contributed by atoms with Crippen molar-refractivity contribution in [2.75, 3.05) is 0 Å². The summed E-state index contributed by atoms with van der Waals surface area (Å²) in [7, 11) is 0. The third-order valence-electron chi connectivity index (χ3n) is 3.29. The highest BCUT2D eigenvalue weighted by Crippen LogP contribution is 2.16. The maximum Gasteiger partial charge on any atom is 0.311 e. The number of aliphatic hydroxyl groups excluding tert-OH is 1. The number of benzene rings is 2. The van der Waals surface area contributed by atoms with Crippen molar-refractivity contribution < 1.29 is 14.6 Å². The van der Waals surface area contributed by atoms with Crippen LogP contribution in [-0.4, -0.2) is 17.2 Å². The summed E-state index contributed by atoms with van der Waals surface area (Å²) in [6.07, 6.45) is -0.691. The molecular weight excluding hydrogens is 240 g/mol. The summed E-state index contributed by atoms with van der Waals surface area (Å²) in [5, 5.41) is 11.6. The lowest BCUT2D eigenvalue weighted by molar-refractivity contribution is -0.152. The Hall–Kier alpha value is -1.87. The minimum absolute atomic E-state index is 0.237. The van der Waals surface area contributed by atoms with E-state index in [0.29, 0.717) is 0 Å². The number of ether oxygens (including phenoxy) is 1. The number of hydrogen-bond donors (Lipinski definition) is 1. The number of carbonyl (C=O) groups excluding carboxylic acids is 1. The van der Waals surface area contributed by atoms with Crippen molar-refractivity contribution in [2.24, 2.45) is 5.92 Å². The van der Waals surface area contributed by atoms with Crippen molar-refractivity contribution in [1.82, 2.24) is 0 Å². The van der Waals surface area contributed by atoms with E-state index in [2.05, 4.69) is 0 Å². The Morgan fingerprint density at radius 3 is 2.53 bits per heavy atom. The number of aliphatic hydroxyl groups is 1. The first-order valence-corrected chi connectivity index (χ1v) is 6.40. The van der Waals surface area contributed by atoms with Crippen LogP contribution in [0.25, 0.3) is 10.8 Å². The molecule has 2 aromatic rings. The largest absolute Gasteiger partial charge is 0.461 e. The van der Waals surface area contributed by atoms with E-state index in [0.717, 1.165) is 16.3 Å². The van der Waals surface area contributed by atoms with Crippen molar-refractivity contribution in [2.45, 2.75) is 26.6 Å². The van der Waals surface area contributed by atoms with Crippen LogP contribution in [0.3, 0.4) is 0 Å². The van der Waals surface area contributed by atoms with E-state index in [1.807, 2.05) is 42.5 Å². The van der Waals surface area contributed by atoms with Gasteiger partial charge in [-0.05, 0) is 36.2 Å². The van der Waals surface area contributed by atoms with Gasteiger partial charge in [0.1, 0.15) is 6.61 Å². The number of esters is 1. The summed E-state index contributed by atoms with van der Waals surface area (Å²) >= 11 is 0. The Morgan fingerprint density at radius 1 is 1.16 bits per heavy atom. The van der Waals surface area contributed by atoms with Crippen molar-refractivity contribution in [3.8, 4) is 0 Å².